The van der Waals surface area contributed by atoms with Crippen LogP contribution in [0.3, 0.4) is 0 Å². The molecule has 0 amide bonds. The quantitative estimate of drug-likeness (QED) is 0.630. The molecule has 1 aromatic carbocycles. The van der Waals surface area contributed by atoms with Gasteiger partial charge in [0, 0.05) is 4.90 Å². The highest BCUT2D eigenvalue weighted by Crippen LogP contribution is 2.35. The molecule has 0 saturated heterocycles. The van der Waals surface area contributed by atoms with Crippen molar-refractivity contribution < 1.29 is 23.2 Å². The molecule has 1 rings (SSSR count). The molecule has 0 spiro atoms. The van der Waals surface area contributed by atoms with Gasteiger partial charge < -0.3 is 10.0 Å². The number of hydrogen-bond acceptors (Lipinski definition) is 3. The second kappa shape index (κ2) is 5.12. The highest BCUT2D eigenvalue weighted by Gasteiger charge is 2.34. The van der Waals surface area contributed by atoms with Crippen LogP contribution in [0.15, 0.2) is 23.1 Å². The molecule has 88 valence electrons. The zero-order chi connectivity index (χ0) is 12.3. The fourth-order valence-corrected chi connectivity index (χ4v) is 2.02. The van der Waals surface area contributed by atoms with E-state index in [1.54, 1.807) is 6.92 Å². The Bertz CT molecular complexity index is 368. The molecular formula is C9H10BF3O2S. The van der Waals surface area contributed by atoms with Crippen LogP contribution in [-0.2, 0) is 6.18 Å². The molecule has 0 aliphatic rings. The molecular weight excluding hydrogens is 240 g/mol. The normalized spacial score (nSPS) is 11.6. The molecule has 0 bridgehead atoms. The number of hydrogen-bond donors (Lipinski definition) is 2. The van der Waals surface area contributed by atoms with E-state index in [4.69, 9.17) is 10.0 Å². The second-order valence-electron chi connectivity index (χ2n) is 3.06. The molecule has 0 radical (unpaired) electrons. The number of halogens is 3. The lowest BCUT2D eigenvalue weighted by atomic mass is 9.79. The third-order valence-corrected chi connectivity index (χ3v) is 2.86. The molecule has 0 heterocycles. The molecule has 0 aliphatic carbocycles. The maximum atomic E-state index is 12.6. The lowest BCUT2D eigenvalue weighted by molar-refractivity contribution is -0.139. The van der Waals surface area contributed by atoms with Crippen molar-refractivity contribution in [2.45, 2.75) is 18.0 Å². The van der Waals surface area contributed by atoms with E-state index in [0.717, 1.165) is 17.8 Å². The summed E-state index contributed by atoms with van der Waals surface area (Å²) in [5.41, 5.74) is -0.988. The molecule has 0 aromatic heterocycles. The van der Waals surface area contributed by atoms with Crippen molar-refractivity contribution in [3.05, 3.63) is 23.8 Å². The fourth-order valence-electron chi connectivity index (χ4n) is 1.21. The Balaban J connectivity index is 3.21. The molecule has 0 fully saturated rings. The lowest BCUT2D eigenvalue weighted by Gasteiger charge is -2.13. The van der Waals surface area contributed by atoms with E-state index in [1.165, 1.54) is 12.1 Å². The van der Waals surface area contributed by atoms with E-state index in [2.05, 4.69) is 0 Å². The Labute approximate surface area is 95.6 Å². The van der Waals surface area contributed by atoms with E-state index < -0.39 is 18.9 Å². The minimum Gasteiger partial charge on any atom is -0.423 e. The smallest absolute Gasteiger partial charge is 0.423 e. The van der Waals surface area contributed by atoms with Gasteiger partial charge in [-0.15, -0.1) is 11.8 Å². The molecule has 0 unspecified atom stereocenters. The molecule has 0 atom stereocenters. The van der Waals surface area contributed by atoms with Gasteiger partial charge in [-0.2, -0.15) is 13.2 Å². The van der Waals surface area contributed by atoms with Gasteiger partial charge in [-0.05, 0) is 23.3 Å². The van der Waals surface area contributed by atoms with Crippen LogP contribution in [0.25, 0.3) is 0 Å². The Hall–Kier alpha value is -0.655. The van der Waals surface area contributed by atoms with Gasteiger partial charge in [0.1, 0.15) is 0 Å². The first-order chi connectivity index (χ1) is 7.36. The van der Waals surface area contributed by atoms with Crippen LogP contribution in [-0.4, -0.2) is 22.9 Å². The number of benzene rings is 1. The molecule has 0 aliphatic heterocycles. The van der Waals surface area contributed by atoms with Crippen molar-refractivity contribution in [1.82, 2.24) is 0 Å². The van der Waals surface area contributed by atoms with Crippen LogP contribution in [0, 0.1) is 0 Å². The van der Waals surface area contributed by atoms with Crippen LogP contribution < -0.4 is 5.46 Å². The van der Waals surface area contributed by atoms with Gasteiger partial charge in [-0.25, -0.2) is 0 Å². The van der Waals surface area contributed by atoms with E-state index >= 15 is 0 Å². The maximum Gasteiger partial charge on any atom is 0.488 e. The van der Waals surface area contributed by atoms with Crippen LogP contribution in [0.5, 0.6) is 0 Å². The average molecular weight is 250 g/mol. The van der Waals surface area contributed by atoms with Crippen LogP contribution >= 0.6 is 11.8 Å². The number of alkyl halides is 3. The lowest BCUT2D eigenvalue weighted by Crippen LogP contribution is -2.31. The second-order valence-corrected chi connectivity index (χ2v) is 4.37. The topological polar surface area (TPSA) is 40.5 Å². The SMILES string of the molecule is CCSc1ccc(B(O)O)cc1C(F)(F)F. The van der Waals surface area contributed by atoms with Crippen LogP contribution in [0.2, 0.25) is 0 Å². The third kappa shape index (κ3) is 3.17. The van der Waals surface area contributed by atoms with Gasteiger partial charge in [0.25, 0.3) is 0 Å². The summed E-state index contributed by atoms with van der Waals surface area (Å²) in [7, 11) is -1.89. The van der Waals surface area contributed by atoms with Crippen molar-refractivity contribution in [1.29, 1.82) is 0 Å². The molecule has 2 nitrogen and oxygen atoms in total. The zero-order valence-electron chi connectivity index (χ0n) is 8.45. The van der Waals surface area contributed by atoms with Gasteiger partial charge in [0.2, 0.25) is 0 Å². The molecule has 7 heteroatoms. The summed E-state index contributed by atoms with van der Waals surface area (Å²) in [6, 6.07) is 3.30. The van der Waals surface area contributed by atoms with Crippen molar-refractivity contribution >= 4 is 24.3 Å². The number of rotatable bonds is 3. The standard InChI is InChI=1S/C9H10BF3O2S/c1-2-16-8-4-3-6(10(14)15)5-7(8)9(11,12)13/h3-5,14-15H,2H2,1H3. The highest BCUT2D eigenvalue weighted by molar-refractivity contribution is 7.99. The Morgan fingerprint density at radius 2 is 1.94 bits per heavy atom. The third-order valence-electron chi connectivity index (χ3n) is 1.91. The van der Waals surface area contributed by atoms with Gasteiger partial charge in [0.05, 0.1) is 5.56 Å². The Morgan fingerprint density at radius 3 is 2.38 bits per heavy atom. The fraction of sp³-hybridized carbons (Fsp3) is 0.333. The van der Waals surface area contributed by atoms with E-state index in [9.17, 15) is 13.2 Å². The van der Waals surface area contributed by atoms with E-state index in [1.807, 2.05) is 0 Å². The monoisotopic (exact) mass is 250 g/mol. The summed E-state index contributed by atoms with van der Waals surface area (Å²) in [4.78, 5) is 0.0967. The van der Waals surface area contributed by atoms with Crippen LogP contribution in [0.1, 0.15) is 12.5 Å². The summed E-state index contributed by atoms with van der Waals surface area (Å²) < 4.78 is 37.9. The molecule has 16 heavy (non-hydrogen) atoms. The van der Waals surface area contributed by atoms with Gasteiger partial charge in [-0.1, -0.05) is 13.0 Å². The largest absolute Gasteiger partial charge is 0.488 e. The molecule has 0 saturated carbocycles. The summed E-state index contributed by atoms with van der Waals surface area (Å²) in [6.07, 6.45) is -4.48. The minimum absolute atomic E-state index is 0.0967. The van der Waals surface area contributed by atoms with Gasteiger partial charge in [-0.3, -0.25) is 0 Å². The van der Waals surface area contributed by atoms with E-state index in [0.29, 0.717) is 5.75 Å². The first-order valence-corrected chi connectivity index (χ1v) is 5.55. The molecule has 1 aromatic rings. The van der Waals surface area contributed by atoms with Crippen LogP contribution in [0.4, 0.5) is 13.2 Å². The van der Waals surface area contributed by atoms with Crippen molar-refractivity contribution in [3.63, 3.8) is 0 Å². The average Bonchev–Trinajstić information content (AvgIpc) is 2.16. The maximum absolute atomic E-state index is 12.6. The highest BCUT2D eigenvalue weighted by atomic mass is 32.2. The van der Waals surface area contributed by atoms with E-state index in [-0.39, 0.29) is 10.4 Å². The van der Waals surface area contributed by atoms with Crippen molar-refractivity contribution in [2.24, 2.45) is 0 Å². The first kappa shape index (κ1) is 13.4. The first-order valence-electron chi connectivity index (χ1n) is 4.56. The molecule has 2 N–H and O–H groups in total. The van der Waals surface area contributed by atoms with Crippen molar-refractivity contribution in [2.75, 3.05) is 5.75 Å². The van der Waals surface area contributed by atoms with Gasteiger partial charge in [0.15, 0.2) is 0 Å². The Morgan fingerprint density at radius 1 is 1.31 bits per heavy atom. The Kier molecular flexibility index (Phi) is 4.29. The number of thioether (sulfide) groups is 1. The zero-order valence-corrected chi connectivity index (χ0v) is 9.27. The summed E-state index contributed by atoms with van der Waals surface area (Å²) >= 11 is 1.07. The predicted molar refractivity (Wildman–Crippen MR) is 57.7 cm³/mol. The minimum atomic E-state index is -4.48. The summed E-state index contributed by atoms with van der Waals surface area (Å²) in [5.74, 6) is 0.518. The van der Waals surface area contributed by atoms with Gasteiger partial charge >= 0.3 is 13.3 Å². The van der Waals surface area contributed by atoms with Crippen molar-refractivity contribution in [3.8, 4) is 0 Å². The summed E-state index contributed by atoms with van der Waals surface area (Å²) in [6.45, 7) is 1.75. The summed E-state index contributed by atoms with van der Waals surface area (Å²) in [5, 5.41) is 17.6. The predicted octanol–water partition coefficient (Wildman–Crippen LogP) is 1.50.